The minimum Gasteiger partial charge on any atom is -0.452 e. The smallest absolute Gasteiger partial charge is 0.338 e. The zero-order valence-corrected chi connectivity index (χ0v) is 18.0. The van der Waals surface area contributed by atoms with Crippen molar-refractivity contribution in [2.24, 2.45) is 0 Å². The fourth-order valence-corrected chi connectivity index (χ4v) is 4.67. The molecular weight excluding hydrogens is 404 g/mol. The topological polar surface area (TPSA) is 84.0 Å². The number of hydrogen-bond donors (Lipinski definition) is 0. The number of ether oxygens (including phenoxy) is 1. The van der Waals surface area contributed by atoms with Crippen molar-refractivity contribution in [3.8, 4) is 0 Å². The van der Waals surface area contributed by atoms with Crippen molar-refractivity contribution >= 4 is 21.9 Å². The maximum absolute atomic E-state index is 12.7. The van der Waals surface area contributed by atoms with Gasteiger partial charge in [-0.1, -0.05) is 44.2 Å². The van der Waals surface area contributed by atoms with E-state index in [-0.39, 0.29) is 43.6 Å². The fraction of sp³-hybridized carbons (Fsp3) is 0.364. The molecule has 0 bridgehead atoms. The summed E-state index contributed by atoms with van der Waals surface area (Å²) in [5, 5.41) is 0. The molecule has 3 rings (SSSR count). The Morgan fingerprint density at radius 2 is 1.53 bits per heavy atom. The molecule has 2 aromatic rings. The van der Waals surface area contributed by atoms with Crippen LogP contribution in [0.5, 0.6) is 0 Å². The maximum atomic E-state index is 12.7. The summed E-state index contributed by atoms with van der Waals surface area (Å²) < 4.78 is 31.8. The molecule has 7 nitrogen and oxygen atoms in total. The monoisotopic (exact) mass is 430 g/mol. The summed E-state index contributed by atoms with van der Waals surface area (Å²) in [5.74, 6) is -0.524. The Hall–Kier alpha value is -2.71. The number of carbonyl (C=O) groups excluding carboxylic acids is 2. The van der Waals surface area contributed by atoms with Gasteiger partial charge in [-0.15, -0.1) is 0 Å². The first-order chi connectivity index (χ1) is 14.3. The molecule has 0 aromatic heterocycles. The number of carbonyl (C=O) groups is 2. The summed E-state index contributed by atoms with van der Waals surface area (Å²) in [6.45, 7) is 4.68. The van der Waals surface area contributed by atoms with E-state index in [9.17, 15) is 18.0 Å². The molecule has 0 aliphatic carbocycles. The Labute approximate surface area is 177 Å². The van der Waals surface area contributed by atoms with E-state index in [0.29, 0.717) is 11.5 Å². The number of sulfonamides is 1. The number of amides is 1. The second-order valence-electron chi connectivity index (χ2n) is 7.45. The lowest BCUT2D eigenvalue weighted by molar-refractivity contribution is -0.135. The Balaban J connectivity index is 1.50. The van der Waals surface area contributed by atoms with Crippen LogP contribution in [-0.2, 0) is 19.6 Å². The predicted octanol–water partition coefficient (Wildman–Crippen LogP) is 2.50. The normalized spacial score (nSPS) is 15.2. The van der Waals surface area contributed by atoms with E-state index < -0.39 is 16.0 Å². The molecule has 0 unspecified atom stereocenters. The van der Waals surface area contributed by atoms with Crippen molar-refractivity contribution in [2.75, 3.05) is 32.8 Å². The van der Waals surface area contributed by atoms with E-state index in [1.165, 1.54) is 9.21 Å². The predicted molar refractivity (Wildman–Crippen MR) is 113 cm³/mol. The highest BCUT2D eigenvalue weighted by molar-refractivity contribution is 7.89. The van der Waals surface area contributed by atoms with Crippen molar-refractivity contribution in [3.05, 3.63) is 65.7 Å². The van der Waals surface area contributed by atoms with Crippen LogP contribution in [-0.4, -0.2) is 62.3 Å². The summed E-state index contributed by atoms with van der Waals surface area (Å²) in [6, 6.07) is 15.3. The minimum atomic E-state index is -3.57. The summed E-state index contributed by atoms with van der Waals surface area (Å²) in [4.78, 5) is 26.3. The molecule has 1 saturated heterocycles. The zero-order chi connectivity index (χ0) is 21.7. The van der Waals surface area contributed by atoms with Gasteiger partial charge in [-0.25, -0.2) is 13.2 Å². The molecule has 160 valence electrons. The first kappa shape index (κ1) is 22.0. The van der Waals surface area contributed by atoms with Crippen LogP contribution in [0.2, 0.25) is 0 Å². The molecule has 1 heterocycles. The second kappa shape index (κ2) is 9.40. The van der Waals surface area contributed by atoms with Crippen molar-refractivity contribution in [1.29, 1.82) is 0 Å². The van der Waals surface area contributed by atoms with Crippen molar-refractivity contribution in [3.63, 3.8) is 0 Å². The third kappa shape index (κ3) is 5.06. The van der Waals surface area contributed by atoms with Gasteiger partial charge in [0.15, 0.2) is 6.61 Å². The number of nitrogens with zero attached hydrogens (tertiary/aromatic N) is 2. The number of rotatable bonds is 6. The average Bonchev–Trinajstić information content (AvgIpc) is 2.78. The van der Waals surface area contributed by atoms with Crippen molar-refractivity contribution in [1.82, 2.24) is 9.21 Å². The Bertz CT molecular complexity index is 980. The van der Waals surface area contributed by atoms with Gasteiger partial charge < -0.3 is 9.64 Å². The highest BCUT2D eigenvalue weighted by Gasteiger charge is 2.30. The van der Waals surface area contributed by atoms with E-state index in [1.807, 2.05) is 12.1 Å². The standard InChI is InChI=1S/C22H26N2O5S/c1-17(2)18-8-10-19(11-9-18)22(26)29-16-21(25)23-12-14-24(15-13-23)30(27,28)20-6-4-3-5-7-20/h3-11,17H,12-16H2,1-2H3. The fourth-order valence-electron chi connectivity index (χ4n) is 3.23. The molecule has 2 aromatic carbocycles. The van der Waals surface area contributed by atoms with Gasteiger partial charge in [0.25, 0.3) is 5.91 Å². The number of piperazine rings is 1. The molecule has 0 atom stereocenters. The van der Waals surface area contributed by atoms with Crippen molar-refractivity contribution < 1.29 is 22.7 Å². The molecule has 0 radical (unpaired) electrons. The molecule has 30 heavy (non-hydrogen) atoms. The molecule has 1 amide bonds. The quantitative estimate of drug-likeness (QED) is 0.658. The van der Waals surface area contributed by atoms with Crippen LogP contribution in [0.15, 0.2) is 59.5 Å². The van der Waals surface area contributed by atoms with Crippen molar-refractivity contribution in [2.45, 2.75) is 24.7 Å². The molecule has 0 saturated carbocycles. The van der Waals surface area contributed by atoms with Gasteiger partial charge in [0.1, 0.15) is 0 Å². The largest absolute Gasteiger partial charge is 0.452 e. The van der Waals surface area contributed by atoms with Gasteiger partial charge in [0.2, 0.25) is 10.0 Å². The van der Waals surface area contributed by atoms with Gasteiger partial charge >= 0.3 is 5.97 Å². The van der Waals surface area contributed by atoms with E-state index in [0.717, 1.165) is 5.56 Å². The van der Waals surface area contributed by atoms with Crippen LogP contribution in [0.4, 0.5) is 0 Å². The molecule has 0 spiro atoms. The summed E-state index contributed by atoms with van der Waals surface area (Å²) in [5.41, 5.74) is 1.51. The molecular formula is C22H26N2O5S. The average molecular weight is 431 g/mol. The van der Waals surface area contributed by atoms with Crippen LogP contribution >= 0.6 is 0 Å². The highest BCUT2D eigenvalue weighted by Crippen LogP contribution is 2.18. The molecule has 0 N–H and O–H groups in total. The summed E-state index contributed by atoms with van der Waals surface area (Å²) >= 11 is 0. The van der Waals surface area contributed by atoms with E-state index in [1.54, 1.807) is 42.5 Å². The zero-order valence-electron chi connectivity index (χ0n) is 17.2. The molecule has 1 fully saturated rings. The van der Waals surface area contributed by atoms with Gasteiger partial charge in [0, 0.05) is 26.2 Å². The maximum Gasteiger partial charge on any atom is 0.338 e. The van der Waals surface area contributed by atoms with E-state index in [2.05, 4.69) is 13.8 Å². The lowest BCUT2D eigenvalue weighted by atomic mass is 10.0. The van der Waals surface area contributed by atoms with Gasteiger partial charge in [-0.05, 0) is 35.7 Å². The van der Waals surface area contributed by atoms with Gasteiger partial charge in [0.05, 0.1) is 10.5 Å². The van der Waals surface area contributed by atoms with Crippen LogP contribution in [0.25, 0.3) is 0 Å². The first-order valence-electron chi connectivity index (χ1n) is 9.89. The first-order valence-corrected chi connectivity index (χ1v) is 11.3. The Kier molecular flexibility index (Phi) is 6.89. The SMILES string of the molecule is CC(C)c1ccc(C(=O)OCC(=O)N2CCN(S(=O)(=O)c3ccccc3)CC2)cc1. The molecule has 1 aliphatic rings. The Morgan fingerprint density at radius 1 is 0.933 bits per heavy atom. The lowest BCUT2D eigenvalue weighted by Gasteiger charge is -2.33. The van der Waals surface area contributed by atoms with Crippen LogP contribution in [0.3, 0.4) is 0 Å². The number of benzene rings is 2. The Morgan fingerprint density at radius 3 is 2.10 bits per heavy atom. The van der Waals surface area contributed by atoms with Gasteiger partial charge in [-0.3, -0.25) is 4.79 Å². The summed E-state index contributed by atoms with van der Waals surface area (Å²) in [6.07, 6.45) is 0. The highest BCUT2D eigenvalue weighted by atomic mass is 32.2. The van der Waals surface area contributed by atoms with Crippen LogP contribution in [0.1, 0.15) is 35.7 Å². The molecule has 8 heteroatoms. The van der Waals surface area contributed by atoms with E-state index >= 15 is 0 Å². The molecule has 1 aliphatic heterocycles. The van der Waals surface area contributed by atoms with Crippen LogP contribution in [0, 0.1) is 0 Å². The number of esters is 1. The van der Waals surface area contributed by atoms with Gasteiger partial charge in [-0.2, -0.15) is 4.31 Å². The summed E-state index contributed by atoms with van der Waals surface area (Å²) in [7, 11) is -3.57. The third-order valence-electron chi connectivity index (χ3n) is 5.11. The second-order valence-corrected chi connectivity index (χ2v) is 9.39. The number of hydrogen-bond acceptors (Lipinski definition) is 5. The minimum absolute atomic E-state index is 0.202. The van der Waals surface area contributed by atoms with E-state index in [4.69, 9.17) is 4.74 Å². The third-order valence-corrected chi connectivity index (χ3v) is 7.02. The lowest BCUT2D eigenvalue weighted by Crippen LogP contribution is -2.51. The van der Waals surface area contributed by atoms with Crippen LogP contribution < -0.4 is 0 Å².